The summed E-state index contributed by atoms with van der Waals surface area (Å²) in [6, 6.07) is 2.68. The van der Waals surface area contributed by atoms with Gasteiger partial charge in [0.15, 0.2) is 5.65 Å². The number of nitrogens with one attached hydrogen (secondary N) is 1. The van der Waals surface area contributed by atoms with Crippen molar-refractivity contribution in [3.05, 3.63) is 36.3 Å². The fourth-order valence-electron chi connectivity index (χ4n) is 4.75. The van der Waals surface area contributed by atoms with Gasteiger partial charge >= 0.3 is 6.18 Å². The molecule has 33 heavy (non-hydrogen) atoms. The highest BCUT2D eigenvalue weighted by Crippen LogP contribution is 2.45. The maximum absolute atomic E-state index is 12.7. The third-order valence-electron chi connectivity index (χ3n) is 6.51. The molecule has 1 saturated heterocycles. The van der Waals surface area contributed by atoms with Crippen LogP contribution in [0.4, 0.5) is 33.6 Å². The Balaban J connectivity index is 1.16. The van der Waals surface area contributed by atoms with Gasteiger partial charge < -0.3 is 10.2 Å². The van der Waals surface area contributed by atoms with E-state index in [0.717, 1.165) is 55.7 Å². The molecule has 12 heteroatoms. The number of alkyl halides is 5. The summed E-state index contributed by atoms with van der Waals surface area (Å²) in [4.78, 5) is 14.7. The molecule has 4 heterocycles. The number of fused-ring (bicyclic) bond motifs is 1. The second kappa shape index (κ2) is 8.07. The first-order valence-corrected chi connectivity index (χ1v) is 10.7. The Hall–Kier alpha value is -3.05. The number of hydrogen-bond acceptors (Lipinski definition) is 6. The molecular weight excluding hydrogens is 445 g/mol. The Labute approximate surface area is 186 Å². The lowest BCUT2D eigenvalue weighted by atomic mass is 9.67. The van der Waals surface area contributed by atoms with Gasteiger partial charge in [0.05, 0.1) is 18.0 Å². The van der Waals surface area contributed by atoms with Gasteiger partial charge in [-0.2, -0.15) is 18.3 Å². The third-order valence-corrected chi connectivity index (χ3v) is 6.51. The summed E-state index contributed by atoms with van der Waals surface area (Å²) in [5.74, 6) is 1.10. The molecule has 1 aliphatic carbocycles. The SMILES string of the molecule is FC(F)Cn1ncc2ncc(NC3CCC4(CC3)CN(c3ccc(C(F)(F)F)cn3)C4)nc21. The van der Waals surface area contributed by atoms with Crippen molar-refractivity contribution in [2.45, 2.75) is 50.9 Å². The predicted molar refractivity (Wildman–Crippen MR) is 111 cm³/mol. The second-order valence-electron chi connectivity index (χ2n) is 8.86. The number of anilines is 2. The standard InChI is InChI=1S/C21H22F5N7/c22-16(23)10-33-19-15(8-29-33)27-9-17(31-19)30-14-3-5-20(6-4-14)11-32(12-20)18-2-1-13(7-28-18)21(24,25)26/h1-2,7-9,14,16H,3-6,10-12H2,(H,30,31). The van der Waals surface area contributed by atoms with Crippen LogP contribution in [0, 0.1) is 5.41 Å². The Morgan fingerprint density at radius 3 is 2.45 bits per heavy atom. The number of hydrogen-bond donors (Lipinski definition) is 1. The minimum atomic E-state index is -4.38. The van der Waals surface area contributed by atoms with Crippen LogP contribution in [-0.2, 0) is 12.7 Å². The average Bonchev–Trinajstić information content (AvgIpc) is 3.14. The van der Waals surface area contributed by atoms with E-state index in [-0.39, 0.29) is 11.5 Å². The van der Waals surface area contributed by atoms with E-state index >= 15 is 0 Å². The molecule has 1 saturated carbocycles. The van der Waals surface area contributed by atoms with Gasteiger partial charge in [0.1, 0.15) is 23.7 Å². The Bertz CT molecular complexity index is 1110. The molecule has 3 aromatic heterocycles. The highest BCUT2D eigenvalue weighted by Gasteiger charge is 2.45. The van der Waals surface area contributed by atoms with E-state index in [0.29, 0.717) is 22.8 Å². The van der Waals surface area contributed by atoms with Gasteiger partial charge in [-0.05, 0) is 37.8 Å². The quantitative estimate of drug-likeness (QED) is 0.562. The van der Waals surface area contributed by atoms with E-state index in [1.54, 1.807) is 6.20 Å². The van der Waals surface area contributed by atoms with Crippen LogP contribution < -0.4 is 10.2 Å². The van der Waals surface area contributed by atoms with Crippen molar-refractivity contribution in [1.82, 2.24) is 24.7 Å². The maximum Gasteiger partial charge on any atom is 0.417 e. The fourth-order valence-corrected chi connectivity index (χ4v) is 4.75. The minimum Gasteiger partial charge on any atom is -0.366 e. The number of halogens is 5. The van der Waals surface area contributed by atoms with Gasteiger partial charge in [0, 0.05) is 30.7 Å². The Morgan fingerprint density at radius 2 is 1.82 bits per heavy atom. The molecule has 0 bridgehead atoms. The highest BCUT2D eigenvalue weighted by atomic mass is 19.4. The molecule has 0 amide bonds. The van der Waals surface area contributed by atoms with Crippen molar-refractivity contribution >= 4 is 22.8 Å². The molecule has 0 unspecified atom stereocenters. The molecule has 2 aliphatic rings. The topological polar surface area (TPSA) is 71.8 Å². The van der Waals surface area contributed by atoms with Gasteiger partial charge in [0.2, 0.25) is 0 Å². The zero-order chi connectivity index (χ0) is 23.2. The molecule has 1 N–H and O–H groups in total. The summed E-state index contributed by atoms with van der Waals surface area (Å²) < 4.78 is 64.8. The largest absolute Gasteiger partial charge is 0.417 e. The first-order valence-electron chi connectivity index (χ1n) is 10.7. The molecule has 3 aromatic rings. The molecule has 1 aliphatic heterocycles. The number of aromatic nitrogens is 5. The Kier molecular flexibility index (Phi) is 5.32. The first-order chi connectivity index (χ1) is 15.7. The zero-order valence-electron chi connectivity index (χ0n) is 17.6. The predicted octanol–water partition coefficient (Wildman–Crippen LogP) is 4.37. The molecule has 2 fully saturated rings. The van der Waals surface area contributed by atoms with Crippen LogP contribution in [0.2, 0.25) is 0 Å². The van der Waals surface area contributed by atoms with Crippen LogP contribution in [-0.4, -0.2) is 50.3 Å². The summed E-state index contributed by atoms with van der Waals surface area (Å²) in [6.45, 7) is 1.02. The number of rotatable bonds is 5. The fraction of sp³-hybridized carbons (Fsp3) is 0.524. The van der Waals surface area contributed by atoms with Gasteiger partial charge in [-0.3, -0.25) is 0 Å². The average molecular weight is 467 g/mol. The van der Waals surface area contributed by atoms with Gasteiger partial charge in [-0.15, -0.1) is 0 Å². The molecule has 7 nitrogen and oxygen atoms in total. The monoisotopic (exact) mass is 467 g/mol. The molecule has 5 rings (SSSR count). The lowest BCUT2D eigenvalue weighted by molar-refractivity contribution is -0.137. The third kappa shape index (κ3) is 4.42. The summed E-state index contributed by atoms with van der Waals surface area (Å²) in [7, 11) is 0. The van der Waals surface area contributed by atoms with Gasteiger partial charge in [0.25, 0.3) is 6.43 Å². The van der Waals surface area contributed by atoms with Gasteiger partial charge in [-0.25, -0.2) is 28.4 Å². The molecule has 0 radical (unpaired) electrons. The van der Waals surface area contributed by atoms with Crippen molar-refractivity contribution in [3.63, 3.8) is 0 Å². The minimum absolute atomic E-state index is 0.147. The van der Waals surface area contributed by atoms with Crippen molar-refractivity contribution in [2.24, 2.45) is 5.41 Å². The molecular formula is C21H22F5N7. The molecule has 176 valence electrons. The lowest BCUT2D eigenvalue weighted by Gasteiger charge is -2.54. The normalized spacial score (nSPS) is 18.8. The van der Waals surface area contributed by atoms with Crippen LogP contribution >= 0.6 is 0 Å². The molecule has 0 atom stereocenters. The Morgan fingerprint density at radius 1 is 1.06 bits per heavy atom. The van der Waals surface area contributed by atoms with Crippen molar-refractivity contribution in [1.29, 1.82) is 0 Å². The van der Waals surface area contributed by atoms with E-state index in [4.69, 9.17) is 0 Å². The lowest BCUT2D eigenvalue weighted by Crippen LogP contribution is -2.58. The summed E-state index contributed by atoms with van der Waals surface area (Å²) in [5, 5.41) is 7.29. The first kappa shape index (κ1) is 21.8. The van der Waals surface area contributed by atoms with Crippen LogP contribution in [0.3, 0.4) is 0 Å². The number of nitrogens with zero attached hydrogens (tertiary/aromatic N) is 6. The smallest absolute Gasteiger partial charge is 0.366 e. The van der Waals surface area contributed by atoms with Crippen LogP contribution in [0.1, 0.15) is 31.2 Å². The highest BCUT2D eigenvalue weighted by molar-refractivity contribution is 5.71. The van der Waals surface area contributed by atoms with Crippen LogP contribution in [0.15, 0.2) is 30.7 Å². The van der Waals surface area contributed by atoms with E-state index in [1.807, 2.05) is 4.90 Å². The van der Waals surface area contributed by atoms with Crippen molar-refractivity contribution in [3.8, 4) is 0 Å². The number of pyridine rings is 1. The summed E-state index contributed by atoms with van der Waals surface area (Å²) >= 11 is 0. The van der Waals surface area contributed by atoms with E-state index < -0.39 is 24.7 Å². The molecule has 0 aromatic carbocycles. The van der Waals surface area contributed by atoms with Gasteiger partial charge in [-0.1, -0.05) is 0 Å². The molecule has 1 spiro atoms. The van der Waals surface area contributed by atoms with Crippen LogP contribution in [0.25, 0.3) is 11.2 Å². The second-order valence-corrected chi connectivity index (χ2v) is 8.86. The van der Waals surface area contributed by atoms with E-state index in [2.05, 4.69) is 25.4 Å². The summed E-state index contributed by atoms with van der Waals surface area (Å²) in [6.07, 6.45) is 0.739. The van der Waals surface area contributed by atoms with Crippen molar-refractivity contribution < 1.29 is 22.0 Å². The maximum atomic E-state index is 12.7. The zero-order valence-corrected chi connectivity index (χ0v) is 17.6. The van der Waals surface area contributed by atoms with Crippen LogP contribution in [0.5, 0.6) is 0 Å². The summed E-state index contributed by atoms with van der Waals surface area (Å²) in [5.41, 5.74) is 0.196. The van der Waals surface area contributed by atoms with E-state index in [1.165, 1.54) is 12.3 Å². The van der Waals surface area contributed by atoms with Crippen molar-refractivity contribution in [2.75, 3.05) is 23.3 Å². The van der Waals surface area contributed by atoms with E-state index in [9.17, 15) is 22.0 Å².